The van der Waals surface area contributed by atoms with E-state index in [0.29, 0.717) is 0 Å². The van der Waals surface area contributed by atoms with Crippen molar-refractivity contribution < 1.29 is 14.3 Å². The van der Waals surface area contributed by atoms with Crippen molar-refractivity contribution in [3.05, 3.63) is 0 Å². The van der Waals surface area contributed by atoms with E-state index in [1.165, 1.54) is 4.90 Å². The summed E-state index contributed by atoms with van der Waals surface area (Å²) in [7, 11) is 0. The minimum absolute atomic E-state index is 0.0175. The largest absolute Gasteiger partial charge is 0.418 e. The summed E-state index contributed by atoms with van der Waals surface area (Å²) in [5.41, 5.74) is 0. The van der Waals surface area contributed by atoms with Crippen LogP contribution < -0.4 is 0 Å². The number of carbonyl (C=O) groups is 2. The lowest BCUT2D eigenvalue weighted by atomic mass is 10.2. The number of amides is 1. The Morgan fingerprint density at radius 2 is 2.00 bits per heavy atom. The standard InChI is InChI=1S/C7H11NO3/c1-4(2)8-5(3)6(9)11-7(8)10/h4-5H,1-3H3. The smallest absolute Gasteiger partial charge is 0.375 e. The predicted octanol–water partition coefficient (Wildman–Crippen LogP) is 0.762. The summed E-state index contributed by atoms with van der Waals surface area (Å²) >= 11 is 0. The Balaban J connectivity index is 2.79. The molecule has 4 nitrogen and oxygen atoms in total. The van der Waals surface area contributed by atoms with Gasteiger partial charge in [-0.15, -0.1) is 0 Å². The van der Waals surface area contributed by atoms with Crippen molar-refractivity contribution in [3.63, 3.8) is 0 Å². The van der Waals surface area contributed by atoms with Gasteiger partial charge in [-0.05, 0) is 20.8 Å². The van der Waals surface area contributed by atoms with Crippen LogP contribution in [0.4, 0.5) is 4.79 Å². The van der Waals surface area contributed by atoms with Gasteiger partial charge in [0.2, 0.25) is 0 Å². The van der Waals surface area contributed by atoms with E-state index in [0.717, 1.165) is 0 Å². The molecule has 0 N–H and O–H groups in total. The second kappa shape index (κ2) is 2.53. The molecule has 11 heavy (non-hydrogen) atoms. The van der Waals surface area contributed by atoms with E-state index >= 15 is 0 Å². The average molecular weight is 157 g/mol. The molecule has 1 aliphatic heterocycles. The highest BCUT2D eigenvalue weighted by Gasteiger charge is 2.38. The van der Waals surface area contributed by atoms with Crippen LogP contribution in [0.15, 0.2) is 0 Å². The van der Waals surface area contributed by atoms with Crippen molar-refractivity contribution in [2.75, 3.05) is 0 Å². The summed E-state index contributed by atoms with van der Waals surface area (Å²) in [5.74, 6) is -0.455. The minimum atomic E-state index is -0.530. The van der Waals surface area contributed by atoms with Crippen molar-refractivity contribution in [2.24, 2.45) is 0 Å². The maximum absolute atomic E-state index is 10.9. The van der Waals surface area contributed by atoms with Crippen LogP contribution in [0.1, 0.15) is 20.8 Å². The highest BCUT2D eigenvalue weighted by Crippen LogP contribution is 2.15. The zero-order valence-electron chi connectivity index (χ0n) is 6.83. The Morgan fingerprint density at radius 3 is 2.18 bits per heavy atom. The van der Waals surface area contributed by atoms with Gasteiger partial charge in [-0.2, -0.15) is 0 Å². The fourth-order valence-electron chi connectivity index (χ4n) is 1.15. The zero-order chi connectivity index (χ0) is 8.59. The first-order chi connectivity index (χ1) is 5.04. The molecule has 0 aromatic carbocycles. The molecule has 0 aliphatic carbocycles. The van der Waals surface area contributed by atoms with E-state index in [2.05, 4.69) is 4.74 Å². The van der Waals surface area contributed by atoms with Crippen molar-refractivity contribution in [2.45, 2.75) is 32.9 Å². The van der Waals surface area contributed by atoms with Gasteiger partial charge in [-0.25, -0.2) is 9.59 Å². The first-order valence-corrected chi connectivity index (χ1v) is 3.58. The normalized spacial score (nSPS) is 24.7. The highest BCUT2D eigenvalue weighted by molar-refractivity contribution is 5.95. The fraction of sp³-hybridized carbons (Fsp3) is 0.714. The van der Waals surface area contributed by atoms with Crippen LogP contribution >= 0.6 is 0 Å². The van der Waals surface area contributed by atoms with Gasteiger partial charge in [0.25, 0.3) is 0 Å². The molecule has 1 saturated heterocycles. The number of rotatable bonds is 1. The Labute approximate surface area is 65.1 Å². The molecular formula is C7H11NO3. The van der Waals surface area contributed by atoms with E-state index in [-0.39, 0.29) is 6.04 Å². The zero-order valence-corrected chi connectivity index (χ0v) is 6.83. The van der Waals surface area contributed by atoms with Crippen LogP contribution in [-0.2, 0) is 9.53 Å². The lowest BCUT2D eigenvalue weighted by Crippen LogP contribution is -2.38. The topological polar surface area (TPSA) is 46.6 Å². The van der Waals surface area contributed by atoms with Crippen LogP contribution in [-0.4, -0.2) is 29.0 Å². The molecule has 0 radical (unpaired) electrons. The molecule has 4 heteroatoms. The quantitative estimate of drug-likeness (QED) is 0.417. The highest BCUT2D eigenvalue weighted by atomic mass is 16.6. The van der Waals surface area contributed by atoms with Gasteiger partial charge in [0.1, 0.15) is 6.04 Å². The Morgan fingerprint density at radius 1 is 1.45 bits per heavy atom. The molecule has 0 aromatic rings. The molecule has 0 saturated carbocycles. The average Bonchev–Trinajstić information content (AvgIpc) is 2.07. The maximum atomic E-state index is 10.9. The van der Waals surface area contributed by atoms with Crippen LogP contribution in [0.2, 0.25) is 0 Å². The lowest BCUT2D eigenvalue weighted by Gasteiger charge is -2.20. The summed E-state index contributed by atoms with van der Waals surface area (Å²) in [4.78, 5) is 23.2. The third kappa shape index (κ3) is 1.20. The van der Waals surface area contributed by atoms with Crippen molar-refractivity contribution in [1.82, 2.24) is 4.90 Å². The minimum Gasteiger partial charge on any atom is -0.375 e. The Kier molecular flexibility index (Phi) is 1.85. The summed E-state index contributed by atoms with van der Waals surface area (Å²) in [6.07, 6.45) is -0.530. The number of hydrogen-bond acceptors (Lipinski definition) is 3. The molecule has 1 fully saturated rings. The van der Waals surface area contributed by atoms with Gasteiger partial charge in [-0.3, -0.25) is 4.90 Å². The predicted molar refractivity (Wildman–Crippen MR) is 37.9 cm³/mol. The SMILES string of the molecule is CC(C)N1C(=O)OC(=O)C1C. The third-order valence-corrected chi connectivity index (χ3v) is 1.71. The number of esters is 1. The van der Waals surface area contributed by atoms with Crippen LogP contribution in [0, 0.1) is 0 Å². The molecule has 0 bridgehead atoms. The lowest BCUT2D eigenvalue weighted by molar-refractivity contribution is -0.135. The molecule has 0 spiro atoms. The summed E-state index contributed by atoms with van der Waals surface area (Å²) in [5, 5.41) is 0. The second-order valence-electron chi connectivity index (χ2n) is 2.86. The number of cyclic esters (lactones) is 2. The number of ether oxygens (including phenoxy) is 1. The van der Waals surface area contributed by atoms with E-state index in [1.807, 2.05) is 13.8 Å². The van der Waals surface area contributed by atoms with E-state index < -0.39 is 18.1 Å². The van der Waals surface area contributed by atoms with E-state index in [4.69, 9.17) is 0 Å². The van der Waals surface area contributed by atoms with Crippen molar-refractivity contribution in [3.8, 4) is 0 Å². The molecule has 1 atom stereocenters. The van der Waals surface area contributed by atoms with Gasteiger partial charge >= 0.3 is 12.1 Å². The van der Waals surface area contributed by atoms with E-state index in [1.54, 1.807) is 6.92 Å². The summed E-state index contributed by atoms with van der Waals surface area (Å²) in [6, 6.07) is -0.411. The van der Waals surface area contributed by atoms with Crippen LogP contribution in [0.3, 0.4) is 0 Å². The van der Waals surface area contributed by atoms with Gasteiger partial charge in [0.05, 0.1) is 0 Å². The van der Waals surface area contributed by atoms with Crippen LogP contribution in [0.25, 0.3) is 0 Å². The van der Waals surface area contributed by atoms with Gasteiger partial charge in [-0.1, -0.05) is 0 Å². The van der Waals surface area contributed by atoms with Gasteiger partial charge < -0.3 is 4.74 Å². The molecule has 1 unspecified atom stereocenters. The fourth-order valence-corrected chi connectivity index (χ4v) is 1.15. The Bertz CT molecular complexity index is 200. The molecule has 1 aliphatic rings. The monoisotopic (exact) mass is 157 g/mol. The summed E-state index contributed by atoms with van der Waals surface area (Å²) in [6.45, 7) is 5.35. The third-order valence-electron chi connectivity index (χ3n) is 1.71. The number of hydrogen-bond donors (Lipinski definition) is 0. The van der Waals surface area contributed by atoms with Gasteiger partial charge in [0, 0.05) is 6.04 Å². The number of carbonyl (C=O) groups excluding carboxylic acids is 2. The van der Waals surface area contributed by atoms with Gasteiger partial charge in [0.15, 0.2) is 0 Å². The van der Waals surface area contributed by atoms with E-state index in [9.17, 15) is 9.59 Å². The molecule has 0 aromatic heterocycles. The molecule has 62 valence electrons. The molecule has 1 heterocycles. The summed E-state index contributed by atoms with van der Waals surface area (Å²) < 4.78 is 4.40. The first kappa shape index (κ1) is 8.04. The molecular weight excluding hydrogens is 146 g/mol. The van der Waals surface area contributed by atoms with Crippen molar-refractivity contribution >= 4 is 12.1 Å². The molecule has 1 amide bonds. The van der Waals surface area contributed by atoms with Crippen LogP contribution in [0.5, 0.6) is 0 Å². The first-order valence-electron chi connectivity index (χ1n) is 3.58. The maximum Gasteiger partial charge on any atom is 0.418 e. The Hall–Kier alpha value is -1.06. The second-order valence-corrected chi connectivity index (χ2v) is 2.86. The molecule has 1 rings (SSSR count). The van der Waals surface area contributed by atoms with Crippen molar-refractivity contribution in [1.29, 1.82) is 0 Å². The number of nitrogens with zero attached hydrogens (tertiary/aromatic N) is 1.